The van der Waals surface area contributed by atoms with E-state index in [0.717, 1.165) is 11.4 Å². The minimum absolute atomic E-state index is 0.760. The molecule has 0 aliphatic rings. The van der Waals surface area contributed by atoms with Crippen molar-refractivity contribution in [2.75, 3.05) is 12.8 Å². The molecule has 0 radical (unpaired) electrons. The topological polar surface area (TPSA) is 35.2 Å². The number of ether oxygens (including phenoxy) is 1. The van der Waals surface area contributed by atoms with Crippen LogP contribution in [-0.2, 0) is 0 Å². The number of hydrogen-bond donors (Lipinski definition) is 1. The van der Waals surface area contributed by atoms with Gasteiger partial charge in [-0.05, 0) is 31.2 Å². The van der Waals surface area contributed by atoms with Gasteiger partial charge in [0.15, 0.2) is 0 Å². The normalized spacial score (nSPS) is 7.83. The SMILES string of the molecule is C=CC.COc1ccc(N)cc1. The Kier molecular flexibility index (Phi) is 5.53. The molecule has 0 atom stereocenters. The molecule has 1 rings (SSSR count). The summed E-state index contributed by atoms with van der Waals surface area (Å²) in [6, 6.07) is 7.27. The summed E-state index contributed by atoms with van der Waals surface area (Å²) in [6.07, 6.45) is 1.75. The molecule has 0 aromatic heterocycles. The van der Waals surface area contributed by atoms with Gasteiger partial charge in [-0.25, -0.2) is 0 Å². The van der Waals surface area contributed by atoms with Gasteiger partial charge in [-0.1, -0.05) is 6.08 Å². The fraction of sp³-hybridized carbons (Fsp3) is 0.200. The number of nitrogens with two attached hydrogens (primary N) is 1. The van der Waals surface area contributed by atoms with Crippen molar-refractivity contribution in [2.24, 2.45) is 0 Å². The first-order chi connectivity index (χ1) is 5.74. The zero-order chi connectivity index (χ0) is 9.40. The van der Waals surface area contributed by atoms with Gasteiger partial charge in [0.05, 0.1) is 7.11 Å². The van der Waals surface area contributed by atoms with E-state index in [4.69, 9.17) is 10.5 Å². The van der Waals surface area contributed by atoms with Gasteiger partial charge in [0.2, 0.25) is 0 Å². The number of rotatable bonds is 1. The summed E-state index contributed by atoms with van der Waals surface area (Å²) in [5, 5.41) is 0. The summed E-state index contributed by atoms with van der Waals surface area (Å²) >= 11 is 0. The van der Waals surface area contributed by atoms with Crippen molar-refractivity contribution in [3.05, 3.63) is 36.9 Å². The average molecular weight is 165 g/mol. The minimum atomic E-state index is 0.760. The lowest BCUT2D eigenvalue weighted by Crippen LogP contribution is -1.84. The lowest BCUT2D eigenvalue weighted by molar-refractivity contribution is 0.415. The van der Waals surface area contributed by atoms with Crippen molar-refractivity contribution in [1.82, 2.24) is 0 Å². The largest absolute Gasteiger partial charge is 0.497 e. The summed E-state index contributed by atoms with van der Waals surface area (Å²) in [5.41, 5.74) is 6.19. The van der Waals surface area contributed by atoms with Crippen molar-refractivity contribution in [3.8, 4) is 5.75 Å². The van der Waals surface area contributed by atoms with Crippen LogP contribution in [0.5, 0.6) is 5.75 Å². The Labute approximate surface area is 73.7 Å². The molecule has 0 aliphatic heterocycles. The fourth-order valence-electron chi connectivity index (χ4n) is 0.604. The molecule has 1 aromatic carbocycles. The Morgan fingerprint density at radius 1 is 1.33 bits per heavy atom. The predicted molar refractivity (Wildman–Crippen MR) is 53.3 cm³/mol. The summed E-state index contributed by atoms with van der Waals surface area (Å²) in [5.74, 6) is 0.837. The lowest BCUT2D eigenvalue weighted by Gasteiger charge is -1.97. The van der Waals surface area contributed by atoms with Crippen molar-refractivity contribution in [3.63, 3.8) is 0 Å². The van der Waals surface area contributed by atoms with Crippen LogP contribution in [0.3, 0.4) is 0 Å². The van der Waals surface area contributed by atoms with E-state index >= 15 is 0 Å². The Balaban J connectivity index is 0.000000354. The van der Waals surface area contributed by atoms with Gasteiger partial charge in [-0.2, -0.15) is 0 Å². The number of nitrogen functional groups attached to an aromatic ring is 1. The third-order valence-electron chi connectivity index (χ3n) is 1.12. The fourth-order valence-corrected chi connectivity index (χ4v) is 0.604. The minimum Gasteiger partial charge on any atom is -0.497 e. The standard InChI is InChI=1S/C7H9NO.C3H6/c1-9-7-4-2-6(8)3-5-7;1-3-2/h2-5H,8H2,1H3;3H,1H2,2H3. The molecule has 2 heteroatoms. The Hall–Kier alpha value is -1.44. The van der Waals surface area contributed by atoms with Crippen molar-refractivity contribution < 1.29 is 4.74 Å². The summed E-state index contributed by atoms with van der Waals surface area (Å²) in [6.45, 7) is 5.25. The van der Waals surface area contributed by atoms with Crippen molar-refractivity contribution in [2.45, 2.75) is 6.92 Å². The Bertz CT molecular complexity index is 216. The molecular weight excluding hydrogens is 150 g/mol. The second-order valence-electron chi connectivity index (χ2n) is 2.18. The maximum absolute atomic E-state index is 5.43. The summed E-state index contributed by atoms with van der Waals surface area (Å²) < 4.78 is 4.91. The van der Waals surface area contributed by atoms with Gasteiger partial charge < -0.3 is 10.5 Å². The van der Waals surface area contributed by atoms with E-state index < -0.39 is 0 Å². The summed E-state index contributed by atoms with van der Waals surface area (Å²) in [7, 11) is 1.63. The molecule has 0 unspecified atom stereocenters. The number of benzene rings is 1. The molecule has 0 bridgehead atoms. The van der Waals surface area contributed by atoms with Gasteiger partial charge in [0.25, 0.3) is 0 Å². The van der Waals surface area contributed by atoms with E-state index in [1.54, 1.807) is 25.3 Å². The molecule has 0 amide bonds. The number of hydrogen-bond acceptors (Lipinski definition) is 2. The molecule has 66 valence electrons. The van der Waals surface area contributed by atoms with E-state index in [1.165, 1.54) is 0 Å². The highest BCUT2D eigenvalue weighted by molar-refractivity contribution is 5.41. The average Bonchev–Trinajstić information content (AvgIpc) is 2.07. The molecule has 0 saturated heterocycles. The molecular formula is C10H15NO. The first-order valence-electron chi connectivity index (χ1n) is 3.71. The van der Waals surface area contributed by atoms with Crippen molar-refractivity contribution in [1.29, 1.82) is 0 Å². The highest BCUT2D eigenvalue weighted by Gasteiger charge is 1.86. The van der Waals surface area contributed by atoms with Crippen LogP contribution in [0.4, 0.5) is 5.69 Å². The maximum atomic E-state index is 5.43. The monoisotopic (exact) mass is 165 g/mol. The van der Waals surface area contributed by atoms with Crippen LogP contribution in [0.15, 0.2) is 36.9 Å². The van der Waals surface area contributed by atoms with Gasteiger partial charge in [0.1, 0.15) is 5.75 Å². The van der Waals surface area contributed by atoms with Gasteiger partial charge in [0, 0.05) is 5.69 Å². The number of methoxy groups -OCH3 is 1. The maximum Gasteiger partial charge on any atom is 0.119 e. The molecule has 12 heavy (non-hydrogen) atoms. The van der Waals surface area contributed by atoms with Crippen LogP contribution < -0.4 is 10.5 Å². The van der Waals surface area contributed by atoms with Crippen LogP contribution in [0.2, 0.25) is 0 Å². The van der Waals surface area contributed by atoms with Gasteiger partial charge in [-0.3, -0.25) is 0 Å². The van der Waals surface area contributed by atoms with E-state index in [0.29, 0.717) is 0 Å². The lowest BCUT2D eigenvalue weighted by atomic mass is 10.3. The van der Waals surface area contributed by atoms with Crippen molar-refractivity contribution >= 4 is 5.69 Å². The molecule has 2 nitrogen and oxygen atoms in total. The van der Waals surface area contributed by atoms with E-state index in [2.05, 4.69) is 6.58 Å². The van der Waals surface area contributed by atoms with E-state index in [1.807, 2.05) is 19.1 Å². The zero-order valence-electron chi connectivity index (χ0n) is 7.58. The Morgan fingerprint density at radius 3 is 2.08 bits per heavy atom. The van der Waals surface area contributed by atoms with E-state index in [9.17, 15) is 0 Å². The van der Waals surface area contributed by atoms with Crippen LogP contribution in [0.1, 0.15) is 6.92 Å². The molecule has 0 heterocycles. The quantitative estimate of drug-likeness (QED) is 0.512. The van der Waals surface area contributed by atoms with Crippen LogP contribution in [0, 0.1) is 0 Å². The highest BCUT2D eigenvalue weighted by atomic mass is 16.5. The number of anilines is 1. The molecule has 0 fully saturated rings. The molecule has 0 saturated carbocycles. The second-order valence-corrected chi connectivity index (χ2v) is 2.18. The molecule has 1 aromatic rings. The summed E-state index contributed by atoms with van der Waals surface area (Å²) in [4.78, 5) is 0. The third kappa shape index (κ3) is 4.39. The Morgan fingerprint density at radius 2 is 1.75 bits per heavy atom. The predicted octanol–water partition coefficient (Wildman–Crippen LogP) is 2.47. The smallest absolute Gasteiger partial charge is 0.119 e. The second kappa shape index (κ2) is 6.28. The molecule has 0 aliphatic carbocycles. The van der Waals surface area contributed by atoms with Gasteiger partial charge >= 0.3 is 0 Å². The molecule has 2 N–H and O–H groups in total. The molecule has 0 spiro atoms. The zero-order valence-corrected chi connectivity index (χ0v) is 7.58. The number of allylic oxidation sites excluding steroid dienone is 1. The first kappa shape index (κ1) is 10.6. The third-order valence-corrected chi connectivity index (χ3v) is 1.12. The van der Waals surface area contributed by atoms with E-state index in [-0.39, 0.29) is 0 Å². The van der Waals surface area contributed by atoms with Gasteiger partial charge in [-0.15, -0.1) is 6.58 Å². The first-order valence-corrected chi connectivity index (χ1v) is 3.71. The van der Waals surface area contributed by atoms with Crippen LogP contribution in [-0.4, -0.2) is 7.11 Å². The highest BCUT2D eigenvalue weighted by Crippen LogP contribution is 2.11. The van der Waals surface area contributed by atoms with Crippen LogP contribution in [0.25, 0.3) is 0 Å². The van der Waals surface area contributed by atoms with Crippen LogP contribution >= 0.6 is 0 Å².